The first-order valence-corrected chi connectivity index (χ1v) is 7.87. The maximum atomic E-state index is 12.5. The van der Waals surface area contributed by atoms with Crippen LogP contribution in [0.4, 0.5) is 11.4 Å². The third-order valence-corrected chi connectivity index (χ3v) is 4.57. The van der Waals surface area contributed by atoms with E-state index in [0.717, 1.165) is 28.6 Å². The molecule has 23 heavy (non-hydrogen) atoms. The molecule has 3 N–H and O–H groups in total. The van der Waals surface area contributed by atoms with Crippen molar-refractivity contribution in [1.29, 1.82) is 0 Å². The Bertz CT molecular complexity index is 873. The van der Waals surface area contributed by atoms with E-state index in [1.54, 1.807) is 0 Å². The molecular weight excluding hydrogens is 284 g/mol. The van der Waals surface area contributed by atoms with Crippen LogP contribution in [0.5, 0.6) is 0 Å². The lowest BCUT2D eigenvalue weighted by Gasteiger charge is -2.10. The summed E-state index contributed by atoms with van der Waals surface area (Å²) in [5, 5.41) is 5.04. The van der Waals surface area contributed by atoms with Crippen LogP contribution in [0.1, 0.15) is 17.9 Å². The van der Waals surface area contributed by atoms with Crippen LogP contribution in [0.2, 0.25) is 0 Å². The smallest absolute Gasteiger partial charge is 0.228 e. The van der Waals surface area contributed by atoms with Gasteiger partial charge in [-0.2, -0.15) is 0 Å². The molecule has 0 bridgehead atoms. The van der Waals surface area contributed by atoms with Gasteiger partial charge in [0.15, 0.2) is 0 Å². The molecule has 1 saturated carbocycles. The van der Waals surface area contributed by atoms with Gasteiger partial charge in [0, 0.05) is 28.1 Å². The fraction of sp³-hybridized carbons (Fsp3) is 0.150. The van der Waals surface area contributed by atoms with E-state index in [4.69, 9.17) is 5.73 Å². The molecule has 114 valence electrons. The Morgan fingerprint density at radius 1 is 0.913 bits per heavy atom. The van der Waals surface area contributed by atoms with Crippen LogP contribution in [-0.2, 0) is 4.79 Å². The van der Waals surface area contributed by atoms with Gasteiger partial charge in [0.05, 0.1) is 0 Å². The van der Waals surface area contributed by atoms with Crippen molar-refractivity contribution in [2.45, 2.75) is 12.3 Å². The van der Waals surface area contributed by atoms with Gasteiger partial charge in [0.25, 0.3) is 0 Å². The summed E-state index contributed by atoms with van der Waals surface area (Å²) in [4.78, 5) is 12.5. The predicted molar refractivity (Wildman–Crippen MR) is 94.3 cm³/mol. The highest BCUT2D eigenvalue weighted by Gasteiger charge is 2.43. The molecule has 4 rings (SSSR count). The summed E-state index contributed by atoms with van der Waals surface area (Å²) in [6, 6.07) is 21.8. The summed E-state index contributed by atoms with van der Waals surface area (Å²) in [5.74, 6) is 0.499. The quantitative estimate of drug-likeness (QED) is 0.714. The molecule has 3 aromatic rings. The second-order valence-corrected chi connectivity index (χ2v) is 6.10. The Hall–Kier alpha value is -2.81. The number of nitrogens with one attached hydrogen (secondary N) is 1. The minimum Gasteiger partial charge on any atom is -0.398 e. The molecule has 0 saturated heterocycles. The van der Waals surface area contributed by atoms with E-state index in [0.29, 0.717) is 5.92 Å². The van der Waals surface area contributed by atoms with Crippen molar-refractivity contribution in [3.05, 3.63) is 72.3 Å². The second kappa shape index (κ2) is 5.43. The third-order valence-electron chi connectivity index (χ3n) is 4.57. The van der Waals surface area contributed by atoms with Gasteiger partial charge in [-0.25, -0.2) is 0 Å². The van der Waals surface area contributed by atoms with E-state index in [2.05, 4.69) is 17.4 Å². The van der Waals surface area contributed by atoms with Crippen molar-refractivity contribution in [1.82, 2.24) is 0 Å². The van der Waals surface area contributed by atoms with Crippen molar-refractivity contribution in [2.75, 3.05) is 11.1 Å². The van der Waals surface area contributed by atoms with Crippen molar-refractivity contribution in [3.8, 4) is 0 Å². The molecule has 1 fully saturated rings. The Morgan fingerprint density at radius 3 is 2.48 bits per heavy atom. The number of rotatable bonds is 3. The van der Waals surface area contributed by atoms with E-state index in [1.807, 2.05) is 54.6 Å². The first-order valence-electron chi connectivity index (χ1n) is 7.87. The summed E-state index contributed by atoms with van der Waals surface area (Å²) >= 11 is 0. The lowest BCUT2D eigenvalue weighted by molar-refractivity contribution is -0.117. The predicted octanol–water partition coefficient (Wildman–Crippen LogP) is 4.16. The topological polar surface area (TPSA) is 55.1 Å². The first-order chi connectivity index (χ1) is 11.2. The van der Waals surface area contributed by atoms with Crippen LogP contribution in [0.3, 0.4) is 0 Å². The number of hydrogen-bond acceptors (Lipinski definition) is 2. The summed E-state index contributed by atoms with van der Waals surface area (Å²) in [6.45, 7) is 0. The Kier molecular flexibility index (Phi) is 3.27. The SMILES string of the molecule is Nc1cccc2c(NC(=O)C3CC3c3ccccc3)cccc12. The Labute approximate surface area is 135 Å². The number of carbonyl (C=O) groups is 1. The van der Waals surface area contributed by atoms with Crippen molar-refractivity contribution in [2.24, 2.45) is 5.92 Å². The zero-order valence-electron chi connectivity index (χ0n) is 12.7. The first kappa shape index (κ1) is 13.8. The standard InChI is InChI=1S/C20H18N2O/c21-18-10-4-9-15-14(18)8-5-11-19(15)22-20(23)17-12-16(17)13-6-2-1-3-7-13/h1-11,16-17H,12,21H2,(H,22,23). The highest BCUT2D eigenvalue weighted by atomic mass is 16.2. The van der Waals surface area contributed by atoms with Crippen LogP contribution in [0.15, 0.2) is 66.7 Å². The molecule has 2 unspecified atom stereocenters. The van der Waals surface area contributed by atoms with Gasteiger partial charge in [0.1, 0.15) is 0 Å². The van der Waals surface area contributed by atoms with Crippen LogP contribution in [-0.4, -0.2) is 5.91 Å². The summed E-state index contributed by atoms with van der Waals surface area (Å²) in [7, 11) is 0. The lowest BCUT2D eigenvalue weighted by Crippen LogP contribution is -2.14. The largest absolute Gasteiger partial charge is 0.398 e. The number of carbonyl (C=O) groups excluding carboxylic acids is 1. The molecule has 0 aromatic heterocycles. The Morgan fingerprint density at radius 2 is 1.65 bits per heavy atom. The van der Waals surface area contributed by atoms with Gasteiger partial charge in [-0.3, -0.25) is 4.79 Å². The van der Waals surface area contributed by atoms with Crippen LogP contribution in [0, 0.1) is 5.92 Å². The third kappa shape index (κ3) is 2.55. The van der Waals surface area contributed by atoms with Gasteiger partial charge in [-0.1, -0.05) is 54.6 Å². The molecule has 1 amide bonds. The van der Waals surface area contributed by atoms with Crippen molar-refractivity contribution < 1.29 is 4.79 Å². The maximum Gasteiger partial charge on any atom is 0.228 e. The van der Waals surface area contributed by atoms with Gasteiger partial charge >= 0.3 is 0 Å². The average molecular weight is 302 g/mol. The fourth-order valence-electron chi connectivity index (χ4n) is 3.22. The number of nitrogens with two attached hydrogens (primary N) is 1. The second-order valence-electron chi connectivity index (χ2n) is 6.10. The average Bonchev–Trinajstić information content (AvgIpc) is 3.37. The number of anilines is 2. The highest BCUT2D eigenvalue weighted by molar-refractivity contribution is 6.06. The number of benzene rings is 3. The van der Waals surface area contributed by atoms with Gasteiger partial charge in [-0.05, 0) is 30.0 Å². The van der Waals surface area contributed by atoms with E-state index >= 15 is 0 Å². The van der Waals surface area contributed by atoms with Crippen molar-refractivity contribution in [3.63, 3.8) is 0 Å². The molecule has 0 spiro atoms. The number of amides is 1. The van der Waals surface area contributed by atoms with Gasteiger partial charge in [0.2, 0.25) is 5.91 Å². The maximum absolute atomic E-state index is 12.5. The van der Waals surface area contributed by atoms with Crippen LogP contribution in [0.25, 0.3) is 10.8 Å². The Balaban J connectivity index is 1.56. The number of fused-ring (bicyclic) bond motifs is 1. The zero-order chi connectivity index (χ0) is 15.8. The van der Waals surface area contributed by atoms with Gasteiger partial charge in [-0.15, -0.1) is 0 Å². The summed E-state index contributed by atoms with van der Waals surface area (Å²) in [5.41, 5.74) is 8.82. The molecule has 0 aliphatic heterocycles. The molecule has 1 aliphatic carbocycles. The van der Waals surface area contributed by atoms with E-state index in [9.17, 15) is 4.79 Å². The van der Waals surface area contributed by atoms with E-state index < -0.39 is 0 Å². The van der Waals surface area contributed by atoms with E-state index in [-0.39, 0.29) is 11.8 Å². The fourth-order valence-corrected chi connectivity index (χ4v) is 3.22. The molecular formula is C20H18N2O. The normalized spacial score (nSPS) is 19.5. The van der Waals surface area contributed by atoms with Gasteiger partial charge < -0.3 is 11.1 Å². The highest BCUT2D eigenvalue weighted by Crippen LogP contribution is 2.48. The molecule has 0 heterocycles. The molecule has 3 heteroatoms. The van der Waals surface area contributed by atoms with E-state index in [1.165, 1.54) is 5.56 Å². The molecule has 0 radical (unpaired) electrons. The summed E-state index contributed by atoms with van der Waals surface area (Å²) < 4.78 is 0. The van der Waals surface area contributed by atoms with Crippen LogP contribution >= 0.6 is 0 Å². The minimum absolute atomic E-state index is 0.0636. The molecule has 1 aliphatic rings. The molecule has 3 nitrogen and oxygen atoms in total. The molecule has 3 aromatic carbocycles. The van der Waals surface area contributed by atoms with Crippen LogP contribution < -0.4 is 11.1 Å². The number of hydrogen-bond donors (Lipinski definition) is 2. The monoisotopic (exact) mass is 302 g/mol. The number of nitrogen functional groups attached to an aromatic ring is 1. The summed E-state index contributed by atoms with van der Waals surface area (Å²) in [6.07, 6.45) is 0.919. The van der Waals surface area contributed by atoms with Crippen molar-refractivity contribution >= 4 is 28.1 Å². The lowest BCUT2D eigenvalue weighted by atomic mass is 10.1. The molecule has 2 atom stereocenters. The minimum atomic E-state index is 0.0636. The zero-order valence-corrected chi connectivity index (χ0v) is 12.7.